The molecule has 0 aliphatic carbocycles. The van der Waals surface area contributed by atoms with Crippen molar-refractivity contribution in [3.63, 3.8) is 0 Å². The van der Waals surface area contributed by atoms with Gasteiger partial charge in [0.05, 0.1) is 13.2 Å². The van der Waals surface area contributed by atoms with Crippen molar-refractivity contribution in [3.05, 3.63) is 24.3 Å². The third-order valence-corrected chi connectivity index (χ3v) is 14.3. The van der Waals surface area contributed by atoms with Gasteiger partial charge in [-0.1, -0.05) is 276 Å². The molecule has 0 aliphatic rings. The summed E-state index contributed by atoms with van der Waals surface area (Å²) in [6.45, 7) is 3.76. The lowest BCUT2D eigenvalue weighted by molar-refractivity contribution is -0.161. The van der Waals surface area contributed by atoms with Crippen LogP contribution in [0.2, 0.25) is 0 Å². The Kier molecular flexibility index (Phi) is 54.6. The van der Waals surface area contributed by atoms with Crippen LogP contribution in [0, 0.1) is 0 Å². The van der Waals surface area contributed by atoms with Gasteiger partial charge < -0.3 is 20.1 Å². The van der Waals surface area contributed by atoms with E-state index in [1.165, 1.54) is 225 Å². The number of rotatable bonds is 57. The lowest BCUT2D eigenvalue weighted by Gasteiger charge is -2.19. The number of unbranched alkanes of at least 4 members (excludes halogenated alkanes) is 40. The van der Waals surface area contributed by atoms with E-state index in [1.54, 1.807) is 0 Å². The largest absolute Gasteiger partial charge is 0.472 e. The van der Waals surface area contributed by atoms with Crippen LogP contribution in [0.25, 0.3) is 0 Å². The maximum atomic E-state index is 12.7. The fraction of sp³-hybridized carbons (Fsp3) is 0.898. The number of ether oxygens (including phenoxy) is 2. The smallest absolute Gasteiger partial charge is 0.462 e. The standard InChI is InChI=1S/C59H114NO8P/c1-3-5-7-9-11-13-15-17-19-21-22-23-24-25-26-27-28-29-30-31-32-33-34-36-37-39-41-43-45-47-49-51-58(61)65-55-57(56-67-69(63,64)66-54-53-60)68-59(62)52-50-48-46-44-42-40-38-35-20-18-16-14-12-10-8-6-4-2/h12,14,18,20,57H,3-11,13,15-17,19,21-56,60H2,1-2H3,(H,63,64)/b14-12-,20-18-. The van der Waals surface area contributed by atoms with Crippen molar-refractivity contribution < 1.29 is 37.6 Å². The molecule has 0 saturated heterocycles. The predicted octanol–water partition coefficient (Wildman–Crippen LogP) is 18.6. The zero-order chi connectivity index (χ0) is 50.2. The molecule has 0 aromatic carbocycles. The van der Waals surface area contributed by atoms with Gasteiger partial charge in [0.25, 0.3) is 0 Å². The van der Waals surface area contributed by atoms with Gasteiger partial charge in [-0.2, -0.15) is 0 Å². The molecular weight excluding hydrogens is 882 g/mol. The molecule has 0 aromatic rings. The van der Waals surface area contributed by atoms with Crippen molar-refractivity contribution in [1.29, 1.82) is 0 Å². The highest BCUT2D eigenvalue weighted by Crippen LogP contribution is 2.43. The van der Waals surface area contributed by atoms with Gasteiger partial charge in [0.2, 0.25) is 0 Å². The first-order valence-corrected chi connectivity index (χ1v) is 31.3. The normalized spacial score (nSPS) is 13.2. The van der Waals surface area contributed by atoms with Crippen molar-refractivity contribution in [2.24, 2.45) is 5.73 Å². The van der Waals surface area contributed by atoms with Crippen LogP contribution in [0.1, 0.15) is 309 Å². The third kappa shape index (κ3) is 55.7. The van der Waals surface area contributed by atoms with Gasteiger partial charge in [-0.15, -0.1) is 0 Å². The van der Waals surface area contributed by atoms with Crippen LogP contribution < -0.4 is 5.73 Å². The molecule has 69 heavy (non-hydrogen) atoms. The molecule has 0 radical (unpaired) electrons. The number of carbonyl (C=O) groups excluding carboxylic acids is 2. The number of hydrogen-bond acceptors (Lipinski definition) is 8. The number of carbonyl (C=O) groups is 2. The van der Waals surface area contributed by atoms with Gasteiger partial charge in [-0.25, -0.2) is 4.57 Å². The van der Waals surface area contributed by atoms with Crippen molar-refractivity contribution >= 4 is 19.8 Å². The molecular formula is C59H114NO8P. The number of nitrogens with two attached hydrogens (primary N) is 1. The molecule has 10 heteroatoms. The summed E-state index contributed by atoms with van der Waals surface area (Å²) in [4.78, 5) is 35.1. The zero-order valence-electron chi connectivity index (χ0n) is 45.6. The van der Waals surface area contributed by atoms with Gasteiger partial charge in [-0.3, -0.25) is 18.6 Å². The van der Waals surface area contributed by atoms with E-state index in [4.69, 9.17) is 24.3 Å². The van der Waals surface area contributed by atoms with Gasteiger partial charge in [0, 0.05) is 19.4 Å². The highest BCUT2D eigenvalue weighted by Gasteiger charge is 2.26. The number of esters is 2. The second-order valence-corrected chi connectivity index (χ2v) is 21.7. The summed E-state index contributed by atoms with van der Waals surface area (Å²) in [5.41, 5.74) is 5.38. The average Bonchev–Trinajstić information content (AvgIpc) is 3.34. The molecule has 3 N–H and O–H groups in total. The molecule has 0 aromatic heterocycles. The molecule has 0 rings (SSSR count). The Morgan fingerprint density at radius 3 is 1.13 bits per heavy atom. The second kappa shape index (κ2) is 55.8. The Morgan fingerprint density at radius 2 is 0.754 bits per heavy atom. The van der Waals surface area contributed by atoms with E-state index in [9.17, 15) is 19.0 Å². The highest BCUT2D eigenvalue weighted by atomic mass is 31.2. The van der Waals surface area contributed by atoms with Crippen LogP contribution in [0.3, 0.4) is 0 Å². The molecule has 2 unspecified atom stereocenters. The fourth-order valence-electron chi connectivity index (χ4n) is 8.91. The van der Waals surface area contributed by atoms with Crippen molar-refractivity contribution in [2.45, 2.75) is 315 Å². The van der Waals surface area contributed by atoms with Crippen LogP contribution in [-0.4, -0.2) is 49.3 Å². The Labute approximate surface area is 427 Å². The molecule has 9 nitrogen and oxygen atoms in total. The minimum atomic E-state index is -4.38. The summed E-state index contributed by atoms with van der Waals surface area (Å²) in [6, 6.07) is 0. The maximum Gasteiger partial charge on any atom is 0.472 e. The van der Waals surface area contributed by atoms with E-state index in [0.29, 0.717) is 6.42 Å². The Hall–Kier alpha value is -1.51. The molecule has 2 atom stereocenters. The van der Waals surface area contributed by atoms with E-state index in [0.717, 1.165) is 51.4 Å². The highest BCUT2D eigenvalue weighted by molar-refractivity contribution is 7.47. The number of phosphoric ester groups is 1. The van der Waals surface area contributed by atoms with E-state index < -0.39 is 26.5 Å². The lowest BCUT2D eigenvalue weighted by atomic mass is 10.0. The third-order valence-electron chi connectivity index (χ3n) is 13.3. The molecule has 0 fully saturated rings. The topological polar surface area (TPSA) is 134 Å². The summed E-state index contributed by atoms with van der Waals surface area (Å²) in [5.74, 6) is -0.821. The molecule has 0 spiro atoms. The minimum Gasteiger partial charge on any atom is -0.462 e. The van der Waals surface area contributed by atoms with Crippen LogP contribution in [-0.2, 0) is 32.7 Å². The molecule has 0 aliphatic heterocycles. The molecule has 0 heterocycles. The van der Waals surface area contributed by atoms with Crippen LogP contribution in [0.4, 0.5) is 0 Å². The first-order valence-electron chi connectivity index (χ1n) is 29.8. The predicted molar refractivity (Wildman–Crippen MR) is 294 cm³/mol. The van der Waals surface area contributed by atoms with Gasteiger partial charge in [-0.05, 0) is 44.9 Å². The summed E-state index contributed by atoms with van der Waals surface area (Å²) in [7, 11) is -4.38. The monoisotopic (exact) mass is 996 g/mol. The first kappa shape index (κ1) is 67.5. The van der Waals surface area contributed by atoms with Crippen LogP contribution >= 0.6 is 7.82 Å². The summed E-state index contributed by atoms with van der Waals surface area (Å²) < 4.78 is 33.0. The molecule has 0 bridgehead atoms. The van der Waals surface area contributed by atoms with E-state index in [1.807, 2.05) is 0 Å². The Bertz CT molecular complexity index is 1180. The average molecular weight is 997 g/mol. The number of phosphoric acid groups is 1. The maximum absolute atomic E-state index is 12.7. The van der Waals surface area contributed by atoms with Crippen molar-refractivity contribution in [1.82, 2.24) is 0 Å². The summed E-state index contributed by atoms with van der Waals surface area (Å²) in [5, 5.41) is 0. The second-order valence-electron chi connectivity index (χ2n) is 20.2. The first-order chi connectivity index (χ1) is 33.8. The van der Waals surface area contributed by atoms with E-state index in [2.05, 4.69) is 38.2 Å². The van der Waals surface area contributed by atoms with Gasteiger partial charge >= 0.3 is 19.8 Å². The van der Waals surface area contributed by atoms with Crippen LogP contribution in [0.15, 0.2) is 24.3 Å². The number of allylic oxidation sites excluding steroid dienone is 4. The Morgan fingerprint density at radius 1 is 0.435 bits per heavy atom. The SMILES string of the molecule is CCCCC/C=C\C/C=C\CCCCCCCCCC(=O)OC(COC(=O)CCCCCCCCCCCCCCCCCCCCCCCCCCCCCCCCC)COP(=O)(O)OCCN. The molecule has 0 amide bonds. The quantitative estimate of drug-likeness (QED) is 0.0264. The zero-order valence-corrected chi connectivity index (χ0v) is 46.5. The van der Waals surface area contributed by atoms with Crippen molar-refractivity contribution in [3.8, 4) is 0 Å². The lowest BCUT2D eigenvalue weighted by Crippen LogP contribution is -2.29. The molecule has 408 valence electrons. The molecule has 0 saturated carbocycles. The summed E-state index contributed by atoms with van der Waals surface area (Å²) in [6.07, 6.45) is 65.4. The van der Waals surface area contributed by atoms with Crippen molar-refractivity contribution in [2.75, 3.05) is 26.4 Å². The minimum absolute atomic E-state index is 0.0539. The van der Waals surface area contributed by atoms with Crippen LogP contribution in [0.5, 0.6) is 0 Å². The van der Waals surface area contributed by atoms with Gasteiger partial charge in [0.1, 0.15) is 6.61 Å². The number of hydrogen-bond donors (Lipinski definition) is 2. The van der Waals surface area contributed by atoms with Gasteiger partial charge in [0.15, 0.2) is 6.10 Å². The Balaban J connectivity index is 3.84. The van der Waals surface area contributed by atoms with E-state index >= 15 is 0 Å². The van der Waals surface area contributed by atoms with E-state index in [-0.39, 0.29) is 38.6 Å². The summed E-state index contributed by atoms with van der Waals surface area (Å²) >= 11 is 0. The fourth-order valence-corrected chi connectivity index (χ4v) is 9.67.